The third-order valence-electron chi connectivity index (χ3n) is 4.97. The van der Waals surface area contributed by atoms with E-state index in [1.54, 1.807) is 22.4 Å². The number of nitrogens with zero attached hydrogens (tertiary/aromatic N) is 2. The van der Waals surface area contributed by atoms with Crippen LogP contribution < -0.4 is 4.72 Å². The SMILES string of the molecule is Cc1ccc(C(=O)N2CCC(NS(=O)(=O)c3cc(-c4ccno4)cs3)CC2)cc1. The minimum absolute atomic E-state index is 0.0127. The van der Waals surface area contributed by atoms with Gasteiger partial charge in [0, 0.05) is 41.7 Å². The molecular weight excluding hydrogens is 410 g/mol. The molecule has 9 heteroatoms. The molecule has 3 heterocycles. The molecule has 0 aliphatic carbocycles. The summed E-state index contributed by atoms with van der Waals surface area (Å²) in [6, 6.07) is 10.6. The molecule has 0 atom stereocenters. The van der Waals surface area contributed by atoms with Gasteiger partial charge in [0.05, 0.1) is 6.20 Å². The number of carbonyl (C=O) groups is 1. The zero-order valence-electron chi connectivity index (χ0n) is 15.9. The van der Waals surface area contributed by atoms with Crippen LogP contribution in [0.15, 0.2) is 56.7 Å². The van der Waals surface area contributed by atoms with Crippen molar-refractivity contribution in [2.24, 2.45) is 0 Å². The number of benzene rings is 1. The molecule has 1 aliphatic heterocycles. The zero-order valence-corrected chi connectivity index (χ0v) is 17.5. The van der Waals surface area contributed by atoms with Gasteiger partial charge in [-0.2, -0.15) is 0 Å². The van der Waals surface area contributed by atoms with Crippen molar-refractivity contribution in [2.45, 2.75) is 30.0 Å². The first-order chi connectivity index (χ1) is 13.9. The van der Waals surface area contributed by atoms with Crippen LogP contribution in [0.25, 0.3) is 11.3 Å². The zero-order chi connectivity index (χ0) is 20.4. The van der Waals surface area contributed by atoms with Gasteiger partial charge in [-0.25, -0.2) is 13.1 Å². The first-order valence-electron chi connectivity index (χ1n) is 9.30. The maximum absolute atomic E-state index is 12.7. The van der Waals surface area contributed by atoms with Gasteiger partial charge in [0.15, 0.2) is 5.76 Å². The molecule has 1 saturated heterocycles. The number of sulfonamides is 1. The molecule has 0 radical (unpaired) electrons. The molecule has 1 aromatic carbocycles. The minimum atomic E-state index is -3.62. The lowest BCUT2D eigenvalue weighted by molar-refractivity contribution is 0.0711. The number of amides is 1. The summed E-state index contributed by atoms with van der Waals surface area (Å²) >= 11 is 1.14. The Hall–Kier alpha value is -2.49. The summed E-state index contributed by atoms with van der Waals surface area (Å²) in [6.45, 7) is 3.02. The van der Waals surface area contributed by atoms with Gasteiger partial charge in [0.2, 0.25) is 10.0 Å². The molecule has 0 saturated carbocycles. The van der Waals surface area contributed by atoms with Crippen LogP contribution in [0.3, 0.4) is 0 Å². The van der Waals surface area contributed by atoms with Gasteiger partial charge in [0.25, 0.3) is 5.91 Å². The van der Waals surface area contributed by atoms with Crippen molar-refractivity contribution in [3.63, 3.8) is 0 Å². The van der Waals surface area contributed by atoms with E-state index in [0.29, 0.717) is 42.8 Å². The Morgan fingerprint density at radius 1 is 1.21 bits per heavy atom. The topological polar surface area (TPSA) is 92.5 Å². The van der Waals surface area contributed by atoms with Crippen LogP contribution in [0.5, 0.6) is 0 Å². The van der Waals surface area contributed by atoms with E-state index in [9.17, 15) is 13.2 Å². The molecule has 1 amide bonds. The maximum Gasteiger partial charge on any atom is 0.253 e. The average Bonchev–Trinajstić information content (AvgIpc) is 3.40. The largest absolute Gasteiger partial charge is 0.356 e. The predicted octanol–water partition coefficient (Wildman–Crippen LogP) is 3.29. The molecule has 152 valence electrons. The summed E-state index contributed by atoms with van der Waals surface area (Å²) in [5.74, 6) is 0.520. The molecule has 0 bridgehead atoms. The second kappa shape index (κ2) is 8.10. The number of thiophene rings is 1. The van der Waals surface area contributed by atoms with E-state index in [1.807, 2.05) is 31.2 Å². The molecule has 0 spiro atoms. The van der Waals surface area contributed by atoms with E-state index in [2.05, 4.69) is 9.88 Å². The molecule has 0 unspecified atom stereocenters. The van der Waals surface area contributed by atoms with E-state index < -0.39 is 10.0 Å². The van der Waals surface area contributed by atoms with Crippen LogP contribution in [0, 0.1) is 6.92 Å². The monoisotopic (exact) mass is 431 g/mol. The molecule has 3 aromatic rings. The number of hydrogen-bond acceptors (Lipinski definition) is 6. The number of rotatable bonds is 5. The van der Waals surface area contributed by atoms with Crippen molar-refractivity contribution in [2.75, 3.05) is 13.1 Å². The second-order valence-electron chi connectivity index (χ2n) is 7.08. The first kappa shape index (κ1) is 19.8. The molecule has 7 nitrogen and oxygen atoms in total. The molecule has 1 aliphatic rings. The summed E-state index contributed by atoms with van der Waals surface area (Å²) in [6.07, 6.45) is 2.68. The van der Waals surface area contributed by atoms with Crippen molar-refractivity contribution >= 4 is 27.3 Å². The van der Waals surface area contributed by atoms with Gasteiger partial charge in [-0.1, -0.05) is 22.9 Å². The molecule has 1 fully saturated rings. The van der Waals surface area contributed by atoms with Gasteiger partial charge in [-0.3, -0.25) is 4.79 Å². The second-order valence-corrected chi connectivity index (χ2v) is 9.94. The standard InChI is InChI=1S/C20H21N3O4S2/c1-14-2-4-15(5-3-14)20(24)23-10-7-17(8-11-23)22-29(25,26)19-12-16(13-28-19)18-6-9-21-27-18/h2-6,9,12-13,17,22H,7-8,10-11H2,1H3. The Kier molecular flexibility index (Phi) is 5.53. The van der Waals surface area contributed by atoms with Crippen molar-refractivity contribution in [3.8, 4) is 11.3 Å². The fraction of sp³-hybridized carbons (Fsp3) is 0.300. The molecule has 1 N–H and O–H groups in total. The van der Waals surface area contributed by atoms with Crippen LogP contribution in [0.2, 0.25) is 0 Å². The number of piperidine rings is 1. The molecule has 4 rings (SSSR count). The van der Waals surface area contributed by atoms with Crippen molar-refractivity contribution < 1.29 is 17.7 Å². The highest BCUT2D eigenvalue weighted by atomic mass is 32.2. The lowest BCUT2D eigenvalue weighted by Crippen LogP contribution is -2.46. The summed E-state index contributed by atoms with van der Waals surface area (Å²) in [5.41, 5.74) is 2.45. The van der Waals surface area contributed by atoms with Crippen molar-refractivity contribution in [3.05, 3.63) is 59.1 Å². The summed E-state index contributed by atoms with van der Waals surface area (Å²) in [5, 5.41) is 5.38. The van der Waals surface area contributed by atoms with E-state index in [0.717, 1.165) is 16.9 Å². The van der Waals surface area contributed by atoms with Crippen LogP contribution in [0.4, 0.5) is 0 Å². The van der Waals surface area contributed by atoms with Crippen LogP contribution in [-0.4, -0.2) is 43.5 Å². The van der Waals surface area contributed by atoms with E-state index in [-0.39, 0.29) is 16.2 Å². The maximum atomic E-state index is 12.7. The Bertz CT molecular complexity index is 1080. The fourth-order valence-corrected chi connectivity index (χ4v) is 5.80. The number of carbonyl (C=O) groups excluding carboxylic acids is 1. The van der Waals surface area contributed by atoms with Gasteiger partial charge in [-0.15, -0.1) is 11.3 Å². The minimum Gasteiger partial charge on any atom is -0.356 e. The van der Waals surface area contributed by atoms with Crippen LogP contribution in [-0.2, 0) is 10.0 Å². The number of aryl methyl sites for hydroxylation is 1. The Labute approximate surface area is 173 Å². The Morgan fingerprint density at radius 3 is 2.59 bits per heavy atom. The first-order valence-corrected chi connectivity index (χ1v) is 11.7. The Morgan fingerprint density at radius 2 is 1.93 bits per heavy atom. The van der Waals surface area contributed by atoms with Gasteiger partial charge < -0.3 is 9.42 Å². The highest BCUT2D eigenvalue weighted by Crippen LogP contribution is 2.28. The van der Waals surface area contributed by atoms with Gasteiger partial charge in [0.1, 0.15) is 4.21 Å². The third-order valence-corrected chi connectivity index (χ3v) is 7.93. The number of likely N-dealkylation sites (tertiary alicyclic amines) is 1. The van der Waals surface area contributed by atoms with Gasteiger partial charge in [-0.05, 0) is 38.0 Å². The van der Waals surface area contributed by atoms with E-state index >= 15 is 0 Å². The van der Waals surface area contributed by atoms with Crippen LogP contribution in [0.1, 0.15) is 28.8 Å². The van der Waals surface area contributed by atoms with Crippen molar-refractivity contribution in [1.29, 1.82) is 0 Å². The molecule has 2 aromatic heterocycles. The van der Waals surface area contributed by atoms with Crippen molar-refractivity contribution in [1.82, 2.24) is 14.8 Å². The number of aromatic nitrogens is 1. The fourth-order valence-electron chi connectivity index (χ4n) is 3.31. The third kappa shape index (κ3) is 4.42. The lowest BCUT2D eigenvalue weighted by Gasteiger charge is -2.32. The highest BCUT2D eigenvalue weighted by Gasteiger charge is 2.28. The summed E-state index contributed by atoms with van der Waals surface area (Å²) in [7, 11) is -3.62. The summed E-state index contributed by atoms with van der Waals surface area (Å²) < 4.78 is 33.5. The molecule has 29 heavy (non-hydrogen) atoms. The lowest BCUT2D eigenvalue weighted by atomic mass is 10.0. The molecular formula is C20H21N3O4S2. The quantitative estimate of drug-likeness (QED) is 0.669. The average molecular weight is 432 g/mol. The van der Waals surface area contributed by atoms with Gasteiger partial charge >= 0.3 is 0 Å². The Balaban J connectivity index is 1.36. The highest BCUT2D eigenvalue weighted by molar-refractivity contribution is 7.91. The summed E-state index contributed by atoms with van der Waals surface area (Å²) in [4.78, 5) is 14.4. The number of hydrogen-bond donors (Lipinski definition) is 1. The smallest absolute Gasteiger partial charge is 0.253 e. The predicted molar refractivity (Wildman–Crippen MR) is 110 cm³/mol. The van der Waals surface area contributed by atoms with E-state index in [4.69, 9.17) is 4.52 Å². The normalized spacial score (nSPS) is 15.6. The number of nitrogens with one attached hydrogen (secondary N) is 1. The van der Waals surface area contributed by atoms with Crippen LogP contribution >= 0.6 is 11.3 Å². The van der Waals surface area contributed by atoms with E-state index in [1.165, 1.54) is 6.20 Å².